The largest absolute Gasteiger partial charge is 0.507 e. The summed E-state index contributed by atoms with van der Waals surface area (Å²) in [6.45, 7) is 0. The molecule has 2 N–H and O–H groups in total. The van der Waals surface area contributed by atoms with E-state index in [0.717, 1.165) is 19.0 Å². The number of phenols is 1. The van der Waals surface area contributed by atoms with Crippen LogP contribution in [0.4, 0.5) is 10.2 Å². The molecule has 2 fully saturated rings. The van der Waals surface area contributed by atoms with Crippen LogP contribution in [0.5, 0.6) is 5.75 Å². The number of hydrogen-bond acceptors (Lipinski definition) is 9. The summed E-state index contributed by atoms with van der Waals surface area (Å²) in [6.07, 6.45) is 10.6. The van der Waals surface area contributed by atoms with Crippen molar-refractivity contribution in [1.82, 2.24) is 30.5 Å². The Hall–Kier alpha value is -2.85. The second-order valence-electron chi connectivity index (χ2n) is 8.65. The predicted octanol–water partition coefficient (Wildman–Crippen LogP) is 3.67. The van der Waals surface area contributed by atoms with E-state index in [1.54, 1.807) is 18.3 Å². The van der Waals surface area contributed by atoms with Gasteiger partial charge in [0.1, 0.15) is 11.4 Å². The molecule has 1 aromatic carbocycles. The van der Waals surface area contributed by atoms with E-state index in [9.17, 15) is 9.50 Å². The fraction of sp³-hybridized carbons (Fsp3) is 0.435. The van der Waals surface area contributed by atoms with E-state index in [-0.39, 0.29) is 11.4 Å². The van der Waals surface area contributed by atoms with Crippen molar-refractivity contribution in [3.8, 4) is 28.4 Å². The summed E-state index contributed by atoms with van der Waals surface area (Å²) >= 11 is 1.32. The Morgan fingerprint density at radius 3 is 2.58 bits per heavy atom. The van der Waals surface area contributed by atoms with Crippen LogP contribution in [0.3, 0.4) is 0 Å². The average molecular weight is 468 g/mol. The van der Waals surface area contributed by atoms with E-state index in [1.807, 2.05) is 13.3 Å². The van der Waals surface area contributed by atoms with Crippen LogP contribution in [0.2, 0.25) is 0 Å². The Labute approximate surface area is 196 Å². The first-order chi connectivity index (χ1) is 16.0. The van der Waals surface area contributed by atoms with E-state index in [1.165, 1.54) is 37.1 Å². The van der Waals surface area contributed by atoms with Crippen molar-refractivity contribution in [1.29, 1.82) is 0 Å². The molecule has 2 aromatic heterocycles. The fourth-order valence-electron chi connectivity index (χ4n) is 4.81. The maximum Gasteiger partial charge on any atom is 0.187 e. The van der Waals surface area contributed by atoms with Crippen molar-refractivity contribution >= 4 is 17.6 Å². The number of piperidine rings is 2. The molecule has 4 heterocycles. The van der Waals surface area contributed by atoms with Gasteiger partial charge in [0.25, 0.3) is 0 Å². The molecular weight excluding hydrogens is 441 g/mol. The van der Waals surface area contributed by atoms with Gasteiger partial charge in [0.15, 0.2) is 22.6 Å². The number of hydrogen-bond donors (Lipinski definition) is 2. The van der Waals surface area contributed by atoms with Gasteiger partial charge < -0.3 is 15.3 Å². The van der Waals surface area contributed by atoms with Gasteiger partial charge in [0, 0.05) is 30.7 Å². The molecule has 0 spiro atoms. The first-order valence-corrected chi connectivity index (χ1v) is 12.3. The van der Waals surface area contributed by atoms with Crippen LogP contribution in [0, 0.1) is 5.82 Å². The molecular formula is C23H26FN7OS. The average Bonchev–Trinajstić information content (AvgIpc) is 2.84. The maximum atomic E-state index is 14.2. The van der Waals surface area contributed by atoms with Crippen LogP contribution in [0.25, 0.3) is 22.6 Å². The van der Waals surface area contributed by atoms with Crippen molar-refractivity contribution in [3.63, 3.8) is 0 Å². The molecule has 2 bridgehead atoms. The number of anilines is 1. The maximum absolute atomic E-state index is 14.2. The Balaban J connectivity index is 1.35. The molecule has 33 heavy (non-hydrogen) atoms. The third-order valence-electron chi connectivity index (χ3n) is 6.56. The van der Waals surface area contributed by atoms with Gasteiger partial charge in [0.05, 0.1) is 18.0 Å². The number of fused-ring (bicyclic) bond motifs is 2. The quantitative estimate of drug-likeness (QED) is 0.430. The number of thioether (sulfide) groups is 1. The fourth-order valence-corrected chi connectivity index (χ4v) is 5.15. The smallest absolute Gasteiger partial charge is 0.187 e. The second kappa shape index (κ2) is 9.18. The molecule has 0 saturated carbocycles. The standard InChI is InChI=1S/C23H26FN7OS/c1-31(16-9-14-4-3-5-15(10-16)27-14)20-12-25-22(30-29-20)17-7-6-13(8-19(17)32)21-18(24)11-26-23(28-21)33-2/h6-8,11-12,14-16,27,32H,3-5,9-10H2,1-2H3/t14-,15+,16-. The van der Waals surface area contributed by atoms with Gasteiger partial charge >= 0.3 is 0 Å². The molecule has 10 heteroatoms. The molecule has 5 rings (SSSR count). The van der Waals surface area contributed by atoms with E-state index < -0.39 is 5.82 Å². The Morgan fingerprint density at radius 1 is 1.12 bits per heavy atom. The lowest BCUT2D eigenvalue weighted by Gasteiger charge is -2.43. The minimum absolute atomic E-state index is 0.0645. The van der Waals surface area contributed by atoms with Gasteiger partial charge in [-0.2, -0.15) is 0 Å². The third-order valence-corrected chi connectivity index (χ3v) is 7.13. The highest BCUT2D eigenvalue weighted by Gasteiger charge is 2.33. The monoisotopic (exact) mass is 467 g/mol. The van der Waals surface area contributed by atoms with Crippen molar-refractivity contribution < 1.29 is 9.50 Å². The lowest BCUT2D eigenvalue weighted by atomic mass is 9.83. The number of phenolic OH excluding ortho intramolecular Hbond substituents is 1. The summed E-state index contributed by atoms with van der Waals surface area (Å²) in [7, 11) is 2.04. The van der Waals surface area contributed by atoms with Crippen LogP contribution >= 0.6 is 11.8 Å². The molecule has 0 aliphatic carbocycles. The van der Waals surface area contributed by atoms with E-state index in [4.69, 9.17) is 0 Å². The van der Waals surface area contributed by atoms with Crippen LogP contribution in [-0.2, 0) is 0 Å². The first kappa shape index (κ1) is 22.0. The normalized spacial score (nSPS) is 22.2. The SMILES string of the molecule is CSc1ncc(F)c(-c2ccc(-c3ncc(N(C)[C@@H]4C[C@H]5CCC[C@@H](C4)N5)nn3)c(O)c2)n1. The first-order valence-electron chi connectivity index (χ1n) is 11.1. The Kier molecular flexibility index (Phi) is 6.11. The van der Waals surface area contributed by atoms with Gasteiger partial charge in [-0.1, -0.05) is 24.2 Å². The zero-order valence-corrected chi connectivity index (χ0v) is 19.4. The number of nitrogens with one attached hydrogen (secondary N) is 1. The van der Waals surface area contributed by atoms with E-state index in [0.29, 0.717) is 46.1 Å². The highest BCUT2D eigenvalue weighted by Crippen LogP contribution is 2.33. The number of aromatic nitrogens is 5. The summed E-state index contributed by atoms with van der Waals surface area (Å²) in [5.74, 6) is 0.413. The summed E-state index contributed by atoms with van der Waals surface area (Å²) in [5.41, 5.74) is 1.02. The predicted molar refractivity (Wildman–Crippen MR) is 126 cm³/mol. The summed E-state index contributed by atoms with van der Waals surface area (Å²) in [5, 5.41) is 23.4. The van der Waals surface area contributed by atoms with Crippen molar-refractivity contribution in [2.45, 2.75) is 55.4 Å². The van der Waals surface area contributed by atoms with Crippen LogP contribution in [0.15, 0.2) is 35.7 Å². The van der Waals surface area contributed by atoms with Crippen LogP contribution in [0.1, 0.15) is 32.1 Å². The van der Waals surface area contributed by atoms with Crippen LogP contribution in [-0.4, -0.2) is 61.7 Å². The summed E-state index contributed by atoms with van der Waals surface area (Å²) in [6, 6.07) is 6.35. The Morgan fingerprint density at radius 2 is 1.91 bits per heavy atom. The molecule has 172 valence electrons. The molecule has 0 unspecified atom stereocenters. The zero-order valence-electron chi connectivity index (χ0n) is 18.6. The highest BCUT2D eigenvalue weighted by atomic mass is 32.2. The minimum atomic E-state index is -0.549. The number of halogens is 1. The molecule has 0 amide bonds. The lowest BCUT2D eigenvalue weighted by molar-refractivity contribution is 0.219. The zero-order chi connectivity index (χ0) is 22.9. The number of rotatable bonds is 5. The van der Waals surface area contributed by atoms with Crippen molar-refractivity contribution in [2.24, 2.45) is 0 Å². The molecule has 0 radical (unpaired) electrons. The second-order valence-corrected chi connectivity index (χ2v) is 9.43. The molecule has 3 aromatic rings. The Bertz CT molecular complexity index is 1130. The van der Waals surface area contributed by atoms with Crippen molar-refractivity contribution in [3.05, 3.63) is 36.4 Å². The number of benzene rings is 1. The molecule has 2 aliphatic rings. The number of nitrogens with zero attached hydrogens (tertiary/aromatic N) is 6. The van der Waals surface area contributed by atoms with Gasteiger partial charge in [-0.25, -0.2) is 19.3 Å². The molecule has 2 aliphatic heterocycles. The molecule has 8 nitrogen and oxygen atoms in total. The van der Waals surface area contributed by atoms with Crippen molar-refractivity contribution in [2.75, 3.05) is 18.2 Å². The highest BCUT2D eigenvalue weighted by molar-refractivity contribution is 7.98. The third kappa shape index (κ3) is 4.49. The van der Waals surface area contributed by atoms with Gasteiger partial charge in [-0.15, -0.1) is 10.2 Å². The lowest BCUT2D eigenvalue weighted by Crippen LogP contribution is -2.54. The van der Waals surface area contributed by atoms with E-state index in [2.05, 4.69) is 35.4 Å². The number of aromatic hydroxyl groups is 1. The molecule has 3 atom stereocenters. The van der Waals surface area contributed by atoms with Gasteiger partial charge in [-0.05, 0) is 44.1 Å². The van der Waals surface area contributed by atoms with Gasteiger partial charge in [-0.3, -0.25) is 0 Å². The van der Waals surface area contributed by atoms with Crippen LogP contribution < -0.4 is 10.2 Å². The minimum Gasteiger partial charge on any atom is -0.507 e. The molecule has 2 saturated heterocycles. The van der Waals surface area contributed by atoms with E-state index >= 15 is 0 Å². The summed E-state index contributed by atoms with van der Waals surface area (Å²) < 4.78 is 14.2. The van der Waals surface area contributed by atoms with Gasteiger partial charge in [0.2, 0.25) is 0 Å². The summed E-state index contributed by atoms with van der Waals surface area (Å²) in [4.78, 5) is 14.8. The topological polar surface area (TPSA) is 100.0 Å².